The van der Waals surface area contributed by atoms with Crippen LogP contribution in [0.5, 0.6) is 0 Å². The van der Waals surface area contributed by atoms with Crippen molar-refractivity contribution in [2.45, 2.75) is 42.6 Å². The second-order valence-corrected chi connectivity index (χ2v) is 9.60. The Balaban J connectivity index is 2.29. The highest BCUT2D eigenvalue weighted by Gasteiger charge is 2.30. The van der Waals surface area contributed by atoms with E-state index in [0.717, 1.165) is 0 Å². The molecule has 1 aliphatic heterocycles. The number of sulfonamides is 2. The number of β-amino-alcohol motifs (C(OH)–C–C–N with tert-alkyl or cyclic N) is 1. The standard InChI is InChI=1S/C15H24N2O5S2/c1-3-16(4-2)23(19,20)14-7-9-15(10-8-14)24(21,22)17-11-5-6-13(18)12-17/h7-10,13,18H,3-6,11-12H2,1-2H3. The van der Waals surface area contributed by atoms with Gasteiger partial charge in [-0.05, 0) is 37.1 Å². The summed E-state index contributed by atoms with van der Waals surface area (Å²) in [5, 5.41) is 9.67. The van der Waals surface area contributed by atoms with Gasteiger partial charge in [0.05, 0.1) is 15.9 Å². The Hall–Kier alpha value is -1.00. The molecule has 0 aliphatic carbocycles. The summed E-state index contributed by atoms with van der Waals surface area (Å²) in [5.74, 6) is 0. The first-order valence-electron chi connectivity index (χ1n) is 8.02. The van der Waals surface area contributed by atoms with Gasteiger partial charge in [-0.2, -0.15) is 8.61 Å². The van der Waals surface area contributed by atoms with Gasteiger partial charge in [0.1, 0.15) is 0 Å². The second kappa shape index (κ2) is 7.49. The molecule has 0 spiro atoms. The predicted molar refractivity (Wildman–Crippen MR) is 90.5 cm³/mol. The van der Waals surface area contributed by atoms with Gasteiger partial charge in [-0.3, -0.25) is 0 Å². The number of rotatable bonds is 6. The van der Waals surface area contributed by atoms with Crippen LogP contribution in [0.15, 0.2) is 34.1 Å². The topological polar surface area (TPSA) is 95.0 Å². The van der Waals surface area contributed by atoms with Gasteiger partial charge < -0.3 is 5.11 Å². The van der Waals surface area contributed by atoms with E-state index in [9.17, 15) is 21.9 Å². The summed E-state index contributed by atoms with van der Waals surface area (Å²) in [4.78, 5) is 0.110. The number of nitrogens with zero attached hydrogens (tertiary/aromatic N) is 2. The molecule has 0 aromatic heterocycles. The van der Waals surface area contributed by atoms with E-state index in [4.69, 9.17) is 0 Å². The molecule has 1 aromatic rings. The Bertz CT molecular complexity index is 756. The molecule has 0 radical (unpaired) electrons. The Morgan fingerprint density at radius 3 is 2.12 bits per heavy atom. The van der Waals surface area contributed by atoms with Crippen molar-refractivity contribution in [1.82, 2.24) is 8.61 Å². The molecule has 9 heteroatoms. The van der Waals surface area contributed by atoms with Crippen LogP contribution in [-0.4, -0.2) is 62.8 Å². The lowest BCUT2D eigenvalue weighted by atomic mass is 10.1. The van der Waals surface area contributed by atoms with Crippen molar-refractivity contribution in [3.05, 3.63) is 24.3 Å². The maximum Gasteiger partial charge on any atom is 0.243 e. The van der Waals surface area contributed by atoms with Crippen molar-refractivity contribution < 1.29 is 21.9 Å². The predicted octanol–water partition coefficient (Wildman–Crippen LogP) is 0.862. The summed E-state index contributed by atoms with van der Waals surface area (Å²) < 4.78 is 52.6. The lowest BCUT2D eigenvalue weighted by Crippen LogP contribution is -2.42. The van der Waals surface area contributed by atoms with Crippen LogP contribution in [0.3, 0.4) is 0 Å². The van der Waals surface area contributed by atoms with Crippen molar-refractivity contribution in [2.24, 2.45) is 0 Å². The molecule has 24 heavy (non-hydrogen) atoms. The summed E-state index contributed by atoms with van der Waals surface area (Å²) in [7, 11) is -7.34. The second-order valence-electron chi connectivity index (χ2n) is 5.72. The van der Waals surface area contributed by atoms with Gasteiger partial charge in [-0.15, -0.1) is 0 Å². The van der Waals surface area contributed by atoms with Gasteiger partial charge in [0.25, 0.3) is 0 Å². The number of hydrogen-bond acceptors (Lipinski definition) is 5. The van der Waals surface area contributed by atoms with Gasteiger partial charge in [0.15, 0.2) is 0 Å². The van der Waals surface area contributed by atoms with E-state index in [1.807, 2.05) is 0 Å². The van der Waals surface area contributed by atoms with E-state index >= 15 is 0 Å². The molecule has 1 unspecified atom stereocenters. The van der Waals surface area contributed by atoms with E-state index in [-0.39, 0.29) is 16.3 Å². The maximum absolute atomic E-state index is 12.6. The molecule has 1 N–H and O–H groups in total. The molecule has 0 saturated carbocycles. The Labute approximate surface area is 144 Å². The largest absolute Gasteiger partial charge is 0.392 e. The van der Waals surface area contributed by atoms with Crippen LogP contribution >= 0.6 is 0 Å². The minimum atomic E-state index is -3.72. The molecular weight excluding hydrogens is 352 g/mol. The third kappa shape index (κ3) is 3.80. The quantitative estimate of drug-likeness (QED) is 0.795. The van der Waals surface area contributed by atoms with Crippen molar-refractivity contribution >= 4 is 20.0 Å². The Morgan fingerprint density at radius 2 is 1.62 bits per heavy atom. The van der Waals surface area contributed by atoms with Crippen LogP contribution in [0.2, 0.25) is 0 Å². The number of aliphatic hydroxyl groups excluding tert-OH is 1. The van der Waals surface area contributed by atoms with E-state index in [1.54, 1.807) is 13.8 Å². The van der Waals surface area contributed by atoms with Crippen molar-refractivity contribution in [1.29, 1.82) is 0 Å². The highest BCUT2D eigenvalue weighted by molar-refractivity contribution is 7.89. The van der Waals surface area contributed by atoms with E-state index in [0.29, 0.717) is 32.5 Å². The van der Waals surface area contributed by atoms with Crippen LogP contribution in [0.4, 0.5) is 0 Å². The molecule has 1 fully saturated rings. The third-order valence-electron chi connectivity index (χ3n) is 4.16. The molecule has 1 atom stereocenters. The van der Waals surface area contributed by atoms with E-state index in [1.165, 1.54) is 32.9 Å². The summed E-state index contributed by atoms with van der Waals surface area (Å²) in [6.45, 7) is 4.64. The number of piperidine rings is 1. The minimum absolute atomic E-state index is 0.0371. The van der Waals surface area contributed by atoms with E-state index < -0.39 is 26.2 Å². The molecule has 1 saturated heterocycles. The summed E-state index contributed by atoms with van der Waals surface area (Å²) in [6, 6.07) is 5.27. The summed E-state index contributed by atoms with van der Waals surface area (Å²) in [6.07, 6.45) is 0.540. The monoisotopic (exact) mass is 376 g/mol. The van der Waals surface area contributed by atoms with Crippen LogP contribution in [-0.2, 0) is 20.0 Å². The minimum Gasteiger partial charge on any atom is -0.392 e. The lowest BCUT2D eigenvalue weighted by molar-refractivity contribution is 0.108. The molecule has 1 aromatic carbocycles. The van der Waals surface area contributed by atoms with Crippen molar-refractivity contribution in [3.63, 3.8) is 0 Å². The number of benzene rings is 1. The first-order chi connectivity index (χ1) is 11.2. The zero-order valence-corrected chi connectivity index (χ0v) is 15.6. The molecule has 0 amide bonds. The van der Waals surface area contributed by atoms with Crippen molar-refractivity contribution in [3.8, 4) is 0 Å². The number of aliphatic hydroxyl groups is 1. The van der Waals surface area contributed by atoms with Gasteiger partial charge in [0, 0.05) is 26.2 Å². The van der Waals surface area contributed by atoms with Gasteiger partial charge >= 0.3 is 0 Å². The Morgan fingerprint density at radius 1 is 1.08 bits per heavy atom. The molecule has 0 bridgehead atoms. The van der Waals surface area contributed by atoms with Crippen molar-refractivity contribution in [2.75, 3.05) is 26.2 Å². The van der Waals surface area contributed by atoms with Crippen LogP contribution < -0.4 is 0 Å². The molecule has 7 nitrogen and oxygen atoms in total. The lowest BCUT2D eigenvalue weighted by Gasteiger charge is -2.29. The highest BCUT2D eigenvalue weighted by atomic mass is 32.2. The molecule has 2 rings (SSSR count). The van der Waals surface area contributed by atoms with E-state index in [2.05, 4.69) is 0 Å². The maximum atomic E-state index is 12.6. The summed E-state index contributed by atoms with van der Waals surface area (Å²) in [5.41, 5.74) is 0. The van der Waals surface area contributed by atoms with Crippen LogP contribution in [0.1, 0.15) is 26.7 Å². The average Bonchev–Trinajstić information content (AvgIpc) is 2.56. The zero-order chi connectivity index (χ0) is 18.0. The SMILES string of the molecule is CCN(CC)S(=O)(=O)c1ccc(S(=O)(=O)N2CCCC(O)C2)cc1. The first-order valence-corrected chi connectivity index (χ1v) is 10.9. The van der Waals surface area contributed by atoms with Crippen LogP contribution in [0.25, 0.3) is 0 Å². The Kier molecular flexibility index (Phi) is 6.03. The molecule has 1 heterocycles. The highest BCUT2D eigenvalue weighted by Crippen LogP contribution is 2.23. The van der Waals surface area contributed by atoms with Gasteiger partial charge in [0.2, 0.25) is 20.0 Å². The summed E-state index contributed by atoms with van der Waals surface area (Å²) >= 11 is 0. The zero-order valence-electron chi connectivity index (χ0n) is 13.9. The fourth-order valence-electron chi connectivity index (χ4n) is 2.78. The first kappa shape index (κ1) is 19.3. The molecule has 136 valence electrons. The average molecular weight is 377 g/mol. The fraction of sp³-hybridized carbons (Fsp3) is 0.600. The molecule has 1 aliphatic rings. The fourth-order valence-corrected chi connectivity index (χ4v) is 5.76. The van der Waals surface area contributed by atoms with Gasteiger partial charge in [-0.1, -0.05) is 13.8 Å². The van der Waals surface area contributed by atoms with Gasteiger partial charge in [-0.25, -0.2) is 16.8 Å². The molecular formula is C15H24N2O5S2. The smallest absolute Gasteiger partial charge is 0.243 e. The number of hydrogen-bond donors (Lipinski definition) is 1. The third-order valence-corrected chi connectivity index (χ3v) is 8.11. The normalized spacial score (nSPS) is 20.4. The van der Waals surface area contributed by atoms with Crippen LogP contribution in [0, 0.1) is 0 Å².